The number of likely N-dealkylation sites (tertiary alicyclic amines) is 1. The van der Waals surface area contributed by atoms with E-state index in [0.717, 1.165) is 12.0 Å². The zero-order valence-electron chi connectivity index (χ0n) is 11.8. The minimum Gasteiger partial charge on any atom is -0.393 e. The first-order valence-corrected chi connectivity index (χ1v) is 6.88. The highest BCUT2D eigenvalue weighted by atomic mass is 19.1. The third-order valence-electron chi connectivity index (χ3n) is 3.78. The molecule has 108 valence electrons. The Morgan fingerprint density at radius 2 is 2.10 bits per heavy atom. The SMILES string of the molecule is C/C(=C\c1ccc(F)cc1)C(=O)N1CCC(C(C)O)C1. The molecule has 2 atom stereocenters. The van der Waals surface area contributed by atoms with Crippen LogP contribution in [0.2, 0.25) is 0 Å². The molecular formula is C16H20FNO2. The number of aliphatic hydroxyl groups is 1. The highest BCUT2D eigenvalue weighted by molar-refractivity contribution is 5.97. The van der Waals surface area contributed by atoms with Crippen LogP contribution in [0.5, 0.6) is 0 Å². The van der Waals surface area contributed by atoms with Gasteiger partial charge in [-0.1, -0.05) is 12.1 Å². The highest BCUT2D eigenvalue weighted by Crippen LogP contribution is 2.21. The second-order valence-electron chi connectivity index (χ2n) is 5.42. The van der Waals surface area contributed by atoms with Gasteiger partial charge in [0.2, 0.25) is 5.91 Å². The first-order valence-electron chi connectivity index (χ1n) is 6.88. The van der Waals surface area contributed by atoms with E-state index in [1.54, 1.807) is 37.0 Å². The Balaban J connectivity index is 2.04. The third kappa shape index (κ3) is 3.45. The van der Waals surface area contributed by atoms with Crippen LogP contribution in [0.25, 0.3) is 6.08 Å². The van der Waals surface area contributed by atoms with Crippen molar-refractivity contribution in [1.82, 2.24) is 4.90 Å². The van der Waals surface area contributed by atoms with Gasteiger partial charge in [-0.15, -0.1) is 0 Å². The molecule has 20 heavy (non-hydrogen) atoms. The lowest BCUT2D eigenvalue weighted by Gasteiger charge is -2.18. The van der Waals surface area contributed by atoms with Gasteiger partial charge < -0.3 is 10.0 Å². The Morgan fingerprint density at radius 1 is 1.45 bits per heavy atom. The number of aliphatic hydroxyl groups excluding tert-OH is 1. The maximum absolute atomic E-state index is 12.8. The first-order chi connectivity index (χ1) is 9.47. The minimum atomic E-state index is -0.380. The summed E-state index contributed by atoms with van der Waals surface area (Å²) in [6, 6.07) is 6.05. The third-order valence-corrected chi connectivity index (χ3v) is 3.78. The highest BCUT2D eigenvalue weighted by Gasteiger charge is 2.29. The summed E-state index contributed by atoms with van der Waals surface area (Å²) in [5, 5.41) is 9.56. The van der Waals surface area contributed by atoms with E-state index in [-0.39, 0.29) is 23.7 Å². The Morgan fingerprint density at radius 3 is 2.65 bits per heavy atom. The number of carbonyl (C=O) groups is 1. The summed E-state index contributed by atoms with van der Waals surface area (Å²) in [5.41, 5.74) is 1.44. The monoisotopic (exact) mass is 277 g/mol. The summed E-state index contributed by atoms with van der Waals surface area (Å²) in [6.07, 6.45) is 2.22. The molecule has 1 aliphatic rings. The van der Waals surface area contributed by atoms with Gasteiger partial charge in [0.15, 0.2) is 0 Å². The average molecular weight is 277 g/mol. The molecule has 0 aliphatic carbocycles. The van der Waals surface area contributed by atoms with Crippen LogP contribution < -0.4 is 0 Å². The molecule has 1 heterocycles. The molecule has 2 rings (SSSR count). The number of amides is 1. The van der Waals surface area contributed by atoms with Crippen molar-refractivity contribution in [2.75, 3.05) is 13.1 Å². The van der Waals surface area contributed by atoms with E-state index < -0.39 is 0 Å². The maximum Gasteiger partial charge on any atom is 0.249 e. The Bertz CT molecular complexity index is 508. The van der Waals surface area contributed by atoms with E-state index >= 15 is 0 Å². The van der Waals surface area contributed by atoms with Crippen LogP contribution in [0.3, 0.4) is 0 Å². The second kappa shape index (κ2) is 6.18. The van der Waals surface area contributed by atoms with Crippen LogP contribution in [0, 0.1) is 11.7 Å². The average Bonchev–Trinajstić information content (AvgIpc) is 2.90. The van der Waals surface area contributed by atoms with Crippen molar-refractivity contribution < 1.29 is 14.3 Å². The minimum absolute atomic E-state index is 0.0162. The van der Waals surface area contributed by atoms with Gasteiger partial charge in [-0.05, 0) is 44.0 Å². The van der Waals surface area contributed by atoms with Crippen molar-refractivity contribution in [1.29, 1.82) is 0 Å². The smallest absolute Gasteiger partial charge is 0.249 e. The summed E-state index contributed by atoms with van der Waals surface area (Å²) >= 11 is 0. The number of nitrogens with zero attached hydrogens (tertiary/aromatic N) is 1. The molecule has 0 spiro atoms. The lowest BCUT2D eigenvalue weighted by Crippen LogP contribution is -2.30. The van der Waals surface area contributed by atoms with E-state index in [9.17, 15) is 14.3 Å². The number of hydrogen-bond acceptors (Lipinski definition) is 2. The van der Waals surface area contributed by atoms with Crippen LogP contribution in [-0.4, -0.2) is 35.1 Å². The molecule has 0 aromatic heterocycles. The van der Waals surface area contributed by atoms with Crippen molar-refractivity contribution in [2.45, 2.75) is 26.4 Å². The van der Waals surface area contributed by atoms with E-state index in [1.807, 2.05) is 0 Å². The molecule has 1 aromatic rings. The molecule has 1 aliphatic heterocycles. The largest absolute Gasteiger partial charge is 0.393 e. The molecule has 2 unspecified atom stereocenters. The zero-order valence-corrected chi connectivity index (χ0v) is 11.8. The number of hydrogen-bond donors (Lipinski definition) is 1. The topological polar surface area (TPSA) is 40.5 Å². The number of rotatable bonds is 3. The molecule has 1 fully saturated rings. The number of halogens is 1. The first kappa shape index (κ1) is 14.7. The fraction of sp³-hybridized carbons (Fsp3) is 0.438. The van der Waals surface area contributed by atoms with Crippen molar-refractivity contribution in [3.8, 4) is 0 Å². The molecule has 1 N–H and O–H groups in total. The summed E-state index contributed by atoms with van der Waals surface area (Å²) in [4.78, 5) is 14.1. The van der Waals surface area contributed by atoms with E-state index in [2.05, 4.69) is 0 Å². The van der Waals surface area contributed by atoms with Crippen LogP contribution >= 0.6 is 0 Å². The molecule has 1 aromatic carbocycles. The van der Waals surface area contributed by atoms with Gasteiger partial charge in [-0.25, -0.2) is 4.39 Å². The lowest BCUT2D eigenvalue weighted by atomic mass is 10.0. The zero-order chi connectivity index (χ0) is 14.7. The van der Waals surface area contributed by atoms with Gasteiger partial charge in [0.25, 0.3) is 0 Å². The normalized spacial score (nSPS) is 21.1. The van der Waals surface area contributed by atoms with Crippen molar-refractivity contribution in [3.63, 3.8) is 0 Å². The van der Waals surface area contributed by atoms with Crippen molar-refractivity contribution in [2.24, 2.45) is 5.92 Å². The fourth-order valence-corrected chi connectivity index (χ4v) is 2.49. The molecule has 0 radical (unpaired) electrons. The van der Waals surface area contributed by atoms with Gasteiger partial charge in [0, 0.05) is 24.6 Å². The Labute approximate surface area is 118 Å². The standard InChI is InChI=1S/C16H20FNO2/c1-11(9-13-3-5-15(17)6-4-13)16(20)18-8-7-14(10-18)12(2)19/h3-6,9,12,14,19H,7-8,10H2,1-2H3/b11-9+. The summed E-state index contributed by atoms with van der Waals surface area (Å²) in [7, 11) is 0. The molecule has 3 nitrogen and oxygen atoms in total. The van der Waals surface area contributed by atoms with Crippen LogP contribution in [0.4, 0.5) is 4.39 Å². The lowest BCUT2D eigenvalue weighted by molar-refractivity contribution is -0.126. The quantitative estimate of drug-likeness (QED) is 0.862. The number of carbonyl (C=O) groups excluding carboxylic acids is 1. The molecule has 0 saturated carbocycles. The Hall–Kier alpha value is -1.68. The molecule has 0 bridgehead atoms. The summed E-state index contributed by atoms with van der Waals surface area (Å²) in [5.74, 6) is -0.138. The predicted octanol–water partition coefficient (Wildman–Crippen LogP) is 2.46. The fourth-order valence-electron chi connectivity index (χ4n) is 2.49. The second-order valence-corrected chi connectivity index (χ2v) is 5.42. The van der Waals surface area contributed by atoms with Crippen molar-refractivity contribution in [3.05, 3.63) is 41.2 Å². The van der Waals surface area contributed by atoms with Crippen molar-refractivity contribution >= 4 is 12.0 Å². The molecule has 1 saturated heterocycles. The summed E-state index contributed by atoms with van der Waals surface area (Å²) in [6.45, 7) is 4.81. The molecule has 4 heteroatoms. The van der Waals surface area contributed by atoms with E-state index in [0.29, 0.717) is 18.7 Å². The van der Waals surface area contributed by atoms with Crippen LogP contribution in [-0.2, 0) is 4.79 Å². The molecule has 1 amide bonds. The maximum atomic E-state index is 12.8. The van der Waals surface area contributed by atoms with Gasteiger partial charge in [0.05, 0.1) is 6.10 Å². The van der Waals surface area contributed by atoms with Gasteiger partial charge >= 0.3 is 0 Å². The Kier molecular flexibility index (Phi) is 4.55. The summed E-state index contributed by atoms with van der Waals surface area (Å²) < 4.78 is 12.8. The van der Waals surface area contributed by atoms with Crippen LogP contribution in [0.15, 0.2) is 29.8 Å². The van der Waals surface area contributed by atoms with Crippen LogP contribution in [0.1, 0.15) is 25.8 Å². The van der Waals surface area contributed by atoms with Gasteiger partial charge in [-0.2, -0.15) is 0 Å². The van der Waals surface area contributed by atoms with Gasteiger partial charge in [0.1, 0.15) is 5.82 Å². The van der Waals surface area contributed by atoms with E-state index in [4.69, 9.17) is 0 Å². The van der Waals surface area contributed by atoms with Gasteiger partial charge in [-0.3, -0.25) is 4.79 Å². The van der Waals surface area contributed by atoms with E-state index in [1.165, 1.54) is 12.1 Å². The predicted molar refractivity (Wildman–Crippen MR) is 76.4 cm³/mol. The molecular weight excluding hydrogens is 257 g/mol. The number of benzene rings is 1.